The van der Waals surface area contributed by atoms with Crippen LogP contribution < -0.4 is 16.0 Å². The van der Waals surface area contributed by atoms with Crippen molar-refractivity contribution in [3.05, 3.63) is 57.4 Å². The first-order chi connectivity index (χ1) is 15.2. The number of aromatic amines is 1. The van der Waals surface area contributed by atoms with Crippen LogP contribution in [0.15, 0.2) is 51.0 Å². The van der Waals surface area contributed by atoms with Gasteiger partial charge >= 0.3 is 17.6 Å². The molecule has 172 valence electrons. The van der Waals surface area contributed by atoms with Crippen LogP contribution in [-0.4, -0.2) is 56.9 Å². The molecule has 5 atom stereocenters. The summed E-state index contributed by atoms with van der Waals surface area (Å²) in [5.74, 6) is -0.712. The van der Waals surface area contributed by atoms with E-state index >= 15 is 0 Å². The van der Waals surface area contributed by atoms with Crippen molar-refractivity contribution in [2.75, 3.05) is 13.7 Å². The maximum atomic E-state index is 13.6. The molecule has 1 fully saturated rings. The summed E-state index contributed by atoms with van der Waals surface area (Å²) in [5, 5.41) is -1.06. The van der Waals surface area contributed by atoms with Crippen molar-refractivity contribution in [3.63, 3.8) is 0 Å². The third-order valence-electron chi connectivity index (χ3n) is 4.70. The standard InChI is InChI=1S/C20H22N2O9S/c1-11(23)29-10-15-17(30-12(2)24)18(32(27)14-6-4-13(28-3)5-7-14)19(31-15)22-9-8-16(25)21-20(22)26/h4-9,15,17-19H,10H2,1-3H3,(H,21,25,26)/t15-,17-,18-,19-,32?/m1/s1. The summed E-state index contributed by atoms with van der Waals surface area (Å²) in [5.41, 5.74) is -1.42. The molecule has 0 spiro atoms. The Morgan fingerprint density at radius 2 is 1.81 bits per heavy atom. The molecule has 1 aliphatic heterocycles. The quantitative estimate of drug-likeness (QED) is 0.563. The van der Waals surface area contributed by atoms with Gasteiger partial charge in [0.25, 0.3) is 5.56 Å². The molecule has 12 heteroatoms. The molecule has 11 nitrogen and oxygen atoms in total. The van der Waals surface area contributed by atoms with Crippen molar-refractivity contribution in [1.29, 1.82) is 0 Å². The lowest BCUT2D eigenvalue weighted by atomic mass is 10.1. The summed E-state index contributed by atoms with van der Waals surface area (Å²) >= 11 is 0. The summed E-state index contributed by atoms with van der Waals surface area (Å²) in [6, 6.07) is 7.49. The monoisotopic (exact) mass is 466 g/mol. The Morgan fingerprint density at radius 3 is 2.38 bits per heavy atom. The Balaban J connectivity index is 2.07. The maximum Gasteiger partial charge on any atom is 0.330 e. The zero-order valence-electron chi connectivity index (χ0n) is 17.5. The van der Waals surface area contributed by atoms with Crippen LogP contribution in [0, 0.1) is 0 Å². The number of carbonyl (C=O) groups is 2. The summed E-state index contributed by atoms with van der Waals surface area (Å²) in [6.45, 7) is 2.08. The number of ether oxygens (including phenoxy) is 4. The number of H-pyrrole nitrogens is 1. The predicted molar refractivity (Wildman–Crippen MR) is 111 cm³/mol. The highest BCUT2D eigenvalue weighted by Crippen LogP contribution is 2.37. The normalized spacial score (nSPS) is 23.3. The third kappa shape index (κ3) is 5.14. The summed E-state index contributed by atoms with van der Waals surface area (Å²) < 4.78 is 36.1. The molecule has 0 amide bonds. The van der Waals surface area contributed by atoms with Crippen LogP contribution in [0.2, 0.25) is 0 Å². The van der Waals surface area contributed by atoms with Crippen LogP contribution in [0.1, 0.15) is 20.1 Å². The Kier molecular flexibility index (Phi) is 7.26. The Hall–Kier alpha value is -3.25. The fraction of sp³-hybridized carbons (Fsp3) is 0.400. The molecule has 1 aromatic heterocycles. The molecule has 0 aliphatic carbocycles. The number of carbonyl (C=O) groups excluding carboxylic acids is 2. The number of benzene rings is 1. The van der Waals surface area contributed by atoms with Gasteiger partial charge in [-0.1, -0.05) is 0 Å². The van der Waals surface area contributed by atoms with Crippen LogP contribution in [0.3, 0.4) is 0 Å². The highest BCUT2D eigenvalue weighted by molar-refractivity contribution is 7.85. The van der Waals surface area contributed by atoms with Gasteiger partial charge in [-0.05, 0) is 24.3 Å². The number of hydrogen-bond acceptors (Lipinski definition) is 9. The van der Waals surface area contributed by atoms with E-state index in [1.165, 1.54) is 27.2 Å². The minimum atomic E-state index is -1.84. The van der Waals surface area contributed by atoms with E-state index in [0.29, 0.717) is 10.6 Å². The molecule has 1 unspecified atom stereocenters. The second kappa shape index (κ2) is 9.92. The van der Waals surface area contributed by atoms with Gasteiger partial charge in [0.05, 0.1) is 17.9 Å². The zero-order valence-corrected chi connectivity index (χ0v) is 18.3. The maximum absolute atomic E-state index is 13.6. The molecule has 1 aromatic carbocycles. The number of hydrogen-bond donors (Lipinski definition) is 1. The number of methoxy groups -OCH3 is 1. The number of rotatable bonds is 7. The van der Waals surface area contributed by atoms with E-state index in [1.54, 1.807) is 24.3 Å². The second-order valence-corrected chi connectivity index (χ2v) is 8.51. The van der Waals surface area contributed by atoms with Gasteiger partial charge in [-0.2, -0.15) is 0 Å². The van der Waals surface area contributed by atoms with E-state index in [9.17, 15) is 23.4 Å². The van der Waals surface area contributed by atoms with Gasteiger partial charge in [-0.25, -0.2) is 4.79 Å². The van der Waals surface area contributed by atoms with E-state index in [1.807, 2.05) is 0 Å². The molecule has 3 rings (SSSR count). The third-order valence-corrected chi connectivity index (χ3v) is 6.43. The van der Waals surface area contributed by atoms with E-state index < -0.39 is 57.7 Å². The van der Waals surface area contributed by atoms with Gasteiger partial charge < -0.3 is 18.9 Å². The molecule has 0 radical (unpaired) electrons. The fourth-order valence-electron chi connectivity index (χ4n) is 3.32. The van der Waals surface area contributed by atoms with Crippen molar-refractivity contribution in [1.82, 2.24) is 9.55 Å². The van der Waals surface area contributed by atoms with Crippen LogP contribution in [0.5, 0.6) is 5.75 Å². The zero-order chi connectivity index (χ0) is 23.4. The van der Waals surface area contributed by atoms with Crippen molar-refractivity contribution < 1.29 is 32.7 Å². The van der Waals surface area contributed by atoms with Crippen LogP contribution in [-0.2, 0) is 34.6 Å². The number of nitrogens with zero attached hydrogens (tertiary/aromatic N) is 1. The van der Waals surface area contributed by atoms with Crippen molar-refractivity contribution in [3.8, 4) is 5.75 Å². The lowest BCUT2D eigenvalue weighted by Crippen LogP contribution is -2.42. The first-order valence-electron chi connectivity index (χ1n) is 9.53. The van der Waals surface area contributed by atoms with E-state index in [4.69, 9.17) is 18.9 Å². The number of esters is 2. The Morgan fingerprint density at radius 1 is 1.12 bits per heavy atom. The lowest BCUT2D eigenvalue weighted by Gasteiger charge is -2.24. The van der Waals surface area contributed by atoms with Gasteiger partial charge in [0, 0.05) is 31.0 Å². The highest BCUT2D eigenvalue weighted by Gasteiger charge is 2.52. The largest absolute Gasteiger partial charge is 0.497 e. The molecule has 0 bridgehead atoms. The number of aromatic nitrogens is 2. The van der Waals surface area contributed by atoms with E-state index in [0.717, 1.165) is 10.6 Å². The van der Waals surface area contributed by atoms with Gasteiger partial charge in [0.2, 0.25) is 0 Å². The minimum Gasteiger partial charge on any atom is -0.497 e. The molecule has 1 saturated heterocycles. The van der Waals surface area contributed by atoms with Gasteiger partial charge in [-0.15, -0.1) is 0 Å². The first kappa shape index (κ1) is 23.4. The smallest absolute Gasteiger partial charge is 0.330 e. The SMILES string of the molecule is COc1ccc(S(=O)[C@@H]2[C@H](OC(C)=O)[C@@H](COC(C)=O)O[C@H]2n2ccc(=O)[nH]c2=O)cc1. The van der Waals surface area contributed by atoms with Crippen molar-refractivity contribution >= 4 is 22.7 Å². The molecule has 2 heterocycles. The molecule has 1 N–H and O–H groups in total. The first-order valence-corrected chi connectivity index (χ1v) is 10.7. The molecule has 0 saturated carbocycles. The predicted octanol–water partition coefficient (Wildman–Crippen LogP) is 0.114. The average molecular weight is 466 g/mol. The fourth-order valence-corrected chi connectivity index (χ4v) is 4.92. The minimum absolute atomic E-state index is 0.293. The van der Waals surface area contributed by atoms with Crippen molar-refractivity contribution in [2.24, 2.45) is 0 Å². The van der Waals surface area contributed by atoms with Gasteiger partial charge in [-0.3, -0.25) is 28.1 Å². The molecular formula is C20H22N2O9S. The average Bonchev–Trinajstić information content (AvgIpc) is 3.08. The second-order valence-electron chi connectivity index (χ2n) is 6.90. The van der Waals surface area contributed by atoms with E-state index in [2.05, 4.69) is 4.98 Å². The molecule has 1 aliphatic rings. The van der Waals surface area contributed by atoms with E-state index in [-0.39, 0.29) is 6.61 Å². The van der Waals surface area contributed by atoms with Gasteiger partial charge in [0.1, 0.15) is 23.7 Å². The lowest BCUT2D eigenvalue weighted by molar-refractivity contribution is -0.155. The molecular weight excluding hydrogens is 444 g/mol. The Bertz CT molecular complexity index is 1120. The topological polar surface area (TPSA) is 143 Å². The van der Waals surface area contributed by atoms with Crippen LogP contribution >= 0.6 is 0 Å². The molecule has 32 heavy (non-hydrogen) atoms. The summed E-state index contributed by atoms with van der Waals surface area (Å²) in [4.78, 5) is 49.5. The summed E-state index contributed by atoms with van der Waals surface area (Å²) in [7, 11) is -0.353. The van der Waals surface area contributed by atoms with Crippen LogP contribution in [0.4, 0.5) is 0 Å². The van der Waals surface area contributed by atoms with Crippen molar-refractivity contribution in [2.45, 2.75) is 42.4 Å². The van der Waals surface area contributed by atoms with Crippen LogP contribution in [0.25, 0.3) is 0 Å². The Labute approximate surface area is 184 Å². The highest BCUT2D eigenvalue weighted by atomic mass is 32.2. The van der Waals surface area contributed by atoms with Gasteiger partial charge in [0.15, 0.2) is 12.3 Å². The number of nitrogens with one attached hydrogen (secondary N) is 1. The summed E-state index contributed by atoms with van der Waals surface area (Å²) in [6.07, 6.45) is -2.10. The molecule has 2 aromatic rings.